The third-order valence-electron chi connectivity index (χ3n) is 5.00. The number of anilines is 3. The summed E-state index contributed by atoms with van der Waals surface area (Å²) in [5, 5.41) is 2.85. The Hall–Kier alpha value is -3.13. The number of fused-ring (bicyclic) bond motifs is 1. The molecule has 0 bridgehead atoms. The Kier molecular flexibility index (Phi) is 5.62. The average molecular weight is 396 g/mol. The van der Waals surface area contributed by atoms with E-state index in [-0.39, 0.29) is 24.8 Å². The molecule has 2 aliphatic rings. The molecular weight excluding hydrogens is 372 g/mol. The van der Waals surface area contributed by atoms with Crippen molar-refractivity contribution in [2.45, 2.75) is 19.4 Å². The number of rotatable bonds is 5. The second-order valence-electron chi connectivity index (χ2n) is 7.02. The van der Waals surface area contributed by atoms with Gasteiger partial charge in [-0.25, -0.2) is 4.98 Å². The molecular formula is C21H24N4O4. The Morgan fingerprint density at radius 1 is 1.21 bits per heavy atom. The lowest BCUT2D eigenvalue weighted by Crippen LogP contribution is -2.45. The molecule has 4 rings (SSSR count). The molecule has 0 radical (unpaired) electrons. The fourth-order valence-corrected chi connectivity index (χ4v) is 3.47. The number of nitrogens with zero attached hydrogens (tertiary/aromatic N) is 3. The van der Waals surface area contributed by atoms with Crippen LogP contribution in [0.4, 0.5) is 17.2 Å². The summed E-state index contributed by atoms with van der Waals surface area (Å²) in [7, 11) is 0. The number of nitrogens with one attached hydrogen (secondary N) is 1. The molecule has 1 aromatic heterocycles. The van der Waals surface area contributed by atoms with Gasteiger partial charge in [0.2, 0.25) is 5.91 Å². The molecule has 29 heavy (non-hydrogen) atoms. The van der Waals surface area contributed by atoms with E-state index < -0.39 is 6.10 Å². The van der Waals surface area contributed by atoms with Gasteiger partial charge in [-0.3, -0.25) is 9.59 Å². The van der Waals surface area contributed by atoms with Crippen molar-refractivity contribution < 1.29 is 19.1 Å². The van der Waals surface area contributed by atoms with Crippen LogP contribution in [0, 0.1) is 0 Å². The highest BCUT2D eigenvalue weighted by molar-refractivity contribution is 6.00. The highest BCUT2D eigenvalue weighted by Crippen LogP contribution is 2.33. The second kappa shape index (κ2) is 8.48. The summed E-state index contributed by atoms with van der Waals surface area (Å²) < 4.78 is 11.0. The number of benzene rings is 1. The van der Waals surface area contributed by atoms with E-state index in [1.807, 2.05) is 36.4 Å². The molecule has 1 aromatic carbocycles. The van der Waals surface area contributed by atoms with Gasteiger partial charge in [0.1, 0.15) is 11.6 Å². The maximum absolute atomic E-state index is 12.5. The van der Waals surface area contributed by atoms with E-state index >= 15 is 0 Å². The summed E-state index contributed by atoms with van der Waals surface area (Å²) in [4.78, 5) is 33.1. The molecule has 2 aromatic rings. The smallest absolute Gasteiger partial charge is 0.267 e. The van der Waals surface area contributed by atoms with Crippen molar-refractivity contribution in [3.05, 3.63) is 42.6 Å². The van der Waals surface area contributed by atoms with Gasteiger partial charge in [0.15, 0.2) is 6.10 Å². The predicted octanol–water partition coefficient (Wildman–Crippen LogP) is 2.06. The zero-order chi connectivity index (χ0) is 20.2. The summed E-state index contributed by atoms with van der Waals surface area (Å²) in [6.45, 7) is 5.02. The van der Waals surface area contributed by atoms with Crippen molar-refractivity contribution in [1.82, 2.24) is 4.98 Å². The van der Waals surface area contributed by atoms with Gasteiger partial charge in [0, 0.05) is 26.1 Å². The highest BCUT2D eigenvalue weighted by atomic mass is 16.5. The van der Waals surface area contributed by atoms with E-state index in [4.69, 9.17) is 9.47 Å². The molecule has 1 atom stereocenters. The normalized spacial score (nSPS) is 18.8. The number of carbonyl (C=O) groups is 2. The van der Waals surface area contributed by atoms with Gasteiger partial charge in [-0.05, 0) is 31.2 Å². The SMILES string of the molecule is C[C@H]1Oc2ccccc2N(CCC(=O)Nc2ccc(N3CCOCC3)nc2)C1=O. The molecule has 2 amide bonds. The first-order chi connectivity index (χ1) is 14.1. The van der Waals surface area contributed by atoms with Crippen LogP contribution in [0.1, 0.15) is 13.3 Å². The molecule has 152 valence electrons. The number of hydrogen-bond acceptors (Lipinski definition) is 6. The van der Waals surface area contributed by atoms with Crippen LogP contribution in [0.5, 0.6) is 5.75 Å². The van der Waals surface area contributed by atoms with E-state index in [9.17, 15) is 9.59 Å². The lowest BCUT2D eigenvalue weighted by atomic mass is 10.1. The van der Waals surface area contributed by atoms with Crippen molar-refractivity contribution in [3.63, 3.8) is 0 Å². The zero-order valence-electron chi connectivity index (χ0n) is 16.3. The van der Waals surface area contributed by atoms with Crippen molar-refractivity contribution in [2.75, 3.05) is 48.0 Å². The van der Waals surface area contributed by atoms with Crippen LogP contribution in [0.2, 0.25) is 0 Å². The predicted molar refractivity (Wildman–Crippen MR) is 109 cm³/mol. The van der Waals surface area contributed by atoms with Gasteiger partial charge in [-0.2, -0.15) is 0 Å². The molecule has 1 saturated heterocycles. The van der Waals surface area contributed by atoms with Crippen LogP contribution in [0.3, 0.4) is 0 Å². The summed E-state index contributed by atoms with van der Waals surface area (Å²) in [5.41, 5.74) is 1.33. The van der Waals surface area contributed by atoms with E-state index in [0.717, 1.165) is 18.9 Å². The largest absolute Gasteiger partial charge is 0.479 e. The van der Waals surface area contributed by atoms with Crippen molar-refractivity contribution >= 4 is 29.0 Å². The zero-order valence-corrected chi connectivity index (χ0v) is 16.3. The number of para-hydroxylation sites is 2. The number of morpholine rings is 1. The fourth-order valence-electron chi connectivity index (χ4n) is 3.47. The number of carbonyl (C=O) groups excluding carboxylic acids is 2. The van der Waals surface area contributed by atoms with Crippen LogP contribution in [0.15, 0.2) is 42.6 Å². The van der Waals surface area contributed by atoms with E-state index in [2.05, 4.69) is 15.2 Å². The van der Waals surface area contributed by atoms with Gasteiger partial charge in [-0.15, -0.1) is 0 Å². The Bertz CT molecular complexity index is 881. The molecule has 0 unspecified atom stereocenters. The molecule has 8 nitrogen and oxygen atoms in total. The minimum absolute atomic E-state index is 0.145. The molecule has 0 spiro atoms. The van der Waals surface area contributed by atoms with Gasteiger partial charge >= 0.3 is 0 Å². The van der Waals surface area contributed by atoms with Crippen LogP contribution < -0.4 is 19.9 Å². The fraction of sp³-hybridized carbons (Fsp3) is 0.381. The minimum Gasteiger partial charge on any atom is -0.479 e. The van der Waals surface area contributed by atoms with E-state index in [1.54, 1.807) is 18.0 Å². The summed E-state index contributed by atoms with van der Waals surface area (Å²) in [5.74, 6) is 1.21. The summed E-state index contributed by atoms with van der Waals surface area (Å²) >= 11 is 0. The van der Waals surface area contributed by atoms with Crippen molar-refractivity contribution in [2.24, 2.45) is 0 Å². The van der Waals surface area contributed by atoms with Crippen molar-refractivity contribution in [3.8, 4) is 5.75 Å². The summed E-state index contributed by atoms with van der Waals surface area (Å²) in [6, 6.07) is 11.1. The first-order valence-electron chi connectivity index (χ1n) is 9.77. The lowest BCUT2D eigenvalue weighted by molar-refractivity contribution is -0.125. The molecule has 8 heteroatoms. The van der Waals surface area contributed by atoms with Crippen LogP contribution in [0.25, 0.3) is 0 Å². The number of pyridine rings is 1. The number of amides is 2. The molecule has 0 aliphatic carbocycles. The van der Waals surface area contributed by atoms with E-state index in [1.165, 1.54) is 0 Å². The second-order valence-corrected chi connectivity index (χ2v) is 7.02. The molecule has 0 saturated carbocycles. The molecule has 3 heterocycles. The van der Waals surface area contributed by atoms with Gasteiger partial charge in [0.05, 0.1) is 30.8 Å². The van der Waals surface area contributed by atoms with Gasteiger partial charge < -0.3 is 24.6 Å². The molecule has 2 aliphatic heterocycles. The Balaban J connectivity index is 1.35. The first kappa shape index (κ1) is 19.2. The van der Waals surface area contributed by atoms with Gasteiger partial charge in [-0.1, -0.05) is 12.1 Å². The number of ether oxygens (including phenoxy) is 2. The Morgan fingerprint density at radius 2 is 2.00 bits per heavy atom. The lowest BCUT2D eigenvalue weighted by Gasteiger charge is -2.32. The topological polar surface area (TPSA) is 84.0 Å². The maximum atomic E-state index is 12.5. The summed E-state index contributed by atoms with van der Waals surface area (Å²) in [6.07, 6.45) is 1.27. The first-order valence-corrected chi connectivity index (χ1v) is 9.77. The third kappa shape index (κ3) is 4.32. The van der Waals surface area contributed by atoms with E-state index in [0.29, 0.717) is 30.3 Å². The highest BCUT2D eigenvalue weighted by Gasteiger charge is 2.31. The quantitative estimate of drug-likeness (QED) is 0.833. The molecule has 1 fully saturated rings. The minimum atomic E-state index is -0.565. The average Bonchev–Trinajstić information content (AvgIpc) is 2.75. The standard InChI is InChI=1S/C21H24N4O4/c1-15-21(27)25(17-4-2-3-5-18(17)29-15)9-8-20(26)23-16-6-7-19(22-14-16)24-10-12-28-13-11-24/h2-7,14-15H,8-13H2,1H3,(H,23,26)/t15-/m1/s1. The third-order valence-corrected chi connectivity index (χ3v) is 5.00. The van der Waals surface area contributed by atoms with Gasteiger partial charge in [0.25, 0.3) is 5.91 Å². The maximum Gasteiger partial charge on any atom is 0.267 e. The number of aromatic nitrogens is 1. The van der Waals surface area contributed by atoms with Crippen LogP contribution >= 0.6 is 0 Å². The Labute approximate surface area is 169 Å². The Morgan fingerprint density at radius 3 is 2.76 bits per heavy atom. The monoisotopic (exact) mass is 396 g/mol. The number of hydrogen-bond donors (Lipinski definition) is 1. The van der Waals surface area contributed by atoms with Crippen LogP contribution in [-0.4, -0.2) is 55.8 Å². The van der Waals surface area contributed by atoms with Crippen molar-refractivity contribution in [1.29, 1.82) is 0 Å². The van der Waals surface area contributed by atoms with Crippen LogP contribution in [-0.2, 0) is 14.3 Å². The molecule has 1 N–H and O–H groups in total.